The highest BCUT2D eigenvalue weighted by molar-refractivity contribution is 6.01. The van der Waals surface area contributed by atoms with Gasteiger partial charge in [-0.25, -0.2) is 4.79 Å². The SMILES string of the molecule is O=C(O)C1CCN(C(=O)Nc2cccc3ccncc23)C1. The molecule has 2 N–H and O–H groups in total. The van der Waals surface area contributed by atoms with Gasteiger partial charge in [0.05, 0.1) is 11.6 Å². The van der Waals surface area contributed by atoms with Crippen LogP contribution in [0.15, 0.2) is 36.7 Å². The number of carbonyl (C=O) groups excluding carboxylic acids is 1. The number of rotatable bonds is 2. The Kier molecular flexibility index (Phi) is 3.43. The number of aromatic nitrogens is 1. The van der Waals surface area contributed by atoms with E-state index in [1.54, 1.807) is 12.4 Å². The van der Waals surface area contributed by atoms with E-state index in [4.69, 9.17) is 5.11 Å². The summed E-state index contributed by atoms with van der Waals surface area (Å²) in [5.41, 5.74) is 0.685. The van der Waals surface area contributed by atoms with E-state index in [9.17, 15) is 9.59 Å². The van der Waals surface area contributed by atoms with Crippen molar-refractivity contribution in [3.63, 3.8) is 0 Å². The van der Waals surface area contributed by atoms with Crippen LogP contribution in [0.4, 0.5) is 10.5 Å². The summed E-state index contributed by atoms with van der Waals surface area (Å²) < 4.78 is 0. The number of nitrogens with zero attached hydrogens (tertiary/aromatic N) is 2. The Morgan fingerprint density at radius 3 is 2.95 bits per heavy atom. The van der Waals surface area contributed by atoms with Gasteiger partial charge in [0.1, 0.15) is 0 Å². The molecule has 6 heteroatoms. The molecular formula is C15H15N3O3. The third-order valence-corrected chi connectivity index (χ3v) is 3.75. The molecule has 3 rings (SSSR count). The lowest BCUT2D eigenvalue weighted by Gasteiger charge is -2.17. The summed E-state index contributed by atoms with van der Waals surface area (Å²) in [6.45, 7) is 0.718. The molecule has 108 valence electrons. The zero-order valence-corrected chi connectivity index (χ0v) is 11.3. The highest BCUT2D eigenvalue weighted by Gasteiger charge is 2.30. The maximum atomic E-state index is 12.2. The predicted octanol–water partition coefficient (Wildman–Crippen LogP) is 2.17. The second kappa shape index (κ2) is 5.40. The molecule has 0 aliphatic carbocycles. The minimum Gasteiger partial charge on any atom is -0.481 e. The Balaban J connectivity index is 1.77. The number of aliphatic carboxylic acids is 1. The van der Waals surface area contributed by atoms with Crippen molar-refractivity contribution in [2.45, 2.75) is 6.42 Å². The monoisotopic (exact) mass is 285 g/mol. The van der Waals surface area contributed by atoms with E-state index in [-0.39, 0.29) is 12.6 Å². The van der Waals surface area contributed by atoms with Crippen molar-refractivity contribution in [3.05, 3.63) is 36.7 Å². The van der Waals surface area contributed by atoms with E-state index in [0.29, 0.717) is 18.7 Å². The molecule has 0 radical (unpaired) electrons. The van der Waals surface area contributed by atoms with E-state index in [1.165, 1.54) is 4.90 Å². The van der Waals surface area contributed by atoms with Crippen LogP contribution >= 0.6 is 0 Å². The number of anilines is 1. The molecule has 21 heavy (non-hydrogen) atoms. The number of carbonyl (C=O) groups is 2. The Bertz CT molecular complexity index is 696. The van der Waals surface area contributed by atoms with Crippen molar-refractivity contribution in [2.75, 3.05) is 18.4 Å². The van der Waals surface area contributed by atoms with Gasteiger partial charge in [-0.05, 0) is 23.9 Å². The molecule has 1 saturated heterocycles. The van der Waals surface area contributed by atoms with Gasteiger partial charge in [-0.3, -0.25) is 9.78 Å². The zero-order valence-electron chi connectivity index (χ0n) is 11.3. The van der Waals surface area contributed by atoms with Crippen molar-refractivity contribution in [1.82, 2.24) is 9.88 Å². The third-order valence-electron chi connectivity index (χ3n) is 3.75. The summed E-state index contributed by atoms with van der Waals surface area (Å²) in [7, 11) is 0. The first-order valence-electron chi connectivity index (χ1n) is 6.76. The second-order valence-corrected chi connectivity index (χ2v) is 5.10. The van der Waals surface area contributed by atoms with Gasteiger partial charge in [0, 0.05) is 30.9 Å². The van der Waals surface area contributed by atoms with Crippen LogP contribution in [0.3, 0.4) is 0 Å². The smallest absolute Gasteiger partial charge is 0.321 e. The van der Waals surface area contributed by atoms with Gasteiger partial charge in [0.25, 0.3) is 0 Å². The molecule has 1 aromatic heterocycles. The van der Waals surface area contributed by atoms with Crippen molar-refractivity contribution in [2.24, 2.45) is 5.92 Å². The second-order valence-electron chi connectivity index (χ2n) is 5.10. The Morgan fingerprint density at radius 2 is 2.19 bits per heavy atom. The maximum Gasteiger partial charge on any atom is 0.321 e. The molecule has 1 aromatic carbocycles. The Labute approximate surface area is 121 Å². The average molecular weight is 285 g/mol. The summed E-state index contributed by atoms with van der Waals surface area (Å²) in [6, 6.07) is 7.23. The van der Waals surface area contributed by atoms with Crippen molar-refractivity contribution in [1.29, 1.82) is 0 Å². The van der Waals surface area contributed by atoms with Crippen LogP contribution in [-0.2, 0) is 4.79 Å². The molecule has 0 saturated carbocycles. The quantitative estimate of drug-likeness (QED) is 0.886. The van der Waals surface area contributed by atoms with E-state index in [2.05, 4.69) is 10.3 Å². The van der Waals surface area contributed by atoms with Crippen LogP contribution in [-0.4, -0.2) is 40.1 Å². The first kappa shape index (κ1) is 13.4. The molecule has 1 unspecified atom stereocenters. The number of fused-ring (bicyclic) bond motifs is 1. The fourth-order valence-electron chi connectivity index (χ4n) is 2.56. The topological polar surface area (TPSA) is 82.5 Å². The zero-order chi connectivity index (χ0) is 14.8. The number of carboxylic acids is 1. The molecule has 2 aromatic rings. The molecule has 2 heterocycles. The number of likely N-dealkylation sites (tertiary alicyclic amines) is 1. The average Bonchev–Trinajstić information content (AvgIpc) is 2.98. The first-order chi connectivity index (χ1) is 10.1. The summed E-state index contributed by atoms with van der Waals surface area (Å²) in [5.74, 6) is -1.32. The third kappa shape index (κ3) is 2.65. The van der Waals surface area contributed by atoms with Gasteiger partial charge in [0.2, 0.25) is 0 Å². The van der Waals surface area contributed by atoms with Crippen LogP contribution in [0, 0.1) is 5.92 Å². The lowest BCUT2D eigenvalue weighted by molar-refractivity contribution is -0.141. The van der Waals surface area contributed by atoms with E-state index >= 15 is 0 Å². The van der Waals surface area contributed by atoms with Gasteiger partial charge in [-0.15, -0.1) is 0 Å². The molecule has 6 nitrogen and oxygen atoms in total. The van der Waals surface area contributed by atoms with E-state index in [1.807, 2.05) is 24.3 Å². The van der Waals surface area contributed by atoms with Crippen LogP contribution < -0.4 is 5.32 Å². The number of carboxylic acid groups (broad SMARTS) is 1. The van der Waals surface area contributed by atoms with Gasteiger partial charge in [0.15, 0.2) is 0 Å². The largest absolute Gasteiger partial charge is 0.481 e. The number of hydrogen-bond donors (Lipinski definition) is 2. The summed E-state index contributed by atoms with van der Waals surface area (Å²) in [6.07, 6.45) is 3.90. The van der Waals surface area contributed by atoms with Gasteiger partial charge in [-0.1, -0.05) is 12.1 Å². The predicted molar refractivity (Wildman–Crippen MR) is 78.1 cm³/mol. The molecule has 0 spiro atoms. The van der Waals surface area contributed by atoms with Gasteiger partial charge in [-0.2, -0.15) is 0 Å². The Hall–Kier alpha value is -2.63. The number of benzene rings is 1. The molecule has 1 atom stereocenters. The number of hydrogen-bond acceptors (Lipinski definition) is 3. The molecular weight excluding hydrogens is 270 g/mol. The normalized spacial score (nSPS) is 17.9. The molecule has 2 amide bonds. The van der Waals surface area contributed by atoms with Crippen molar-refractivity contribution >= 4 is 28.5 Å². The van der Waals surface area contributed by atoms with Crippen LogP contribution in [0.5, 0.6) is 0 Å². The summed E-state index contributed by atoms with van der Waals surface area (Å²) >= 11 is 0. The first-order valence-corrected chi connectivity index (χ1v) is 6.76. The van der Waals surface area contributed by atoms with Gasteiger partial charge < -0.3 is 15.3 Å². The number of amides is 2. The number of pyridine rings is 1. The highest BCUT2D eigenvalue weighted by Crippen LogP contribution is 2.23. The van der Waals surface area contributed by atoms with E-state index < -0.39 is 11.9 Å². The minimum absolute atomic E-state index is 0.254. The van der Waals surface area contributed by atoms with Gasteiger partial charge >= 0.3 is 12.0 Å². The van der Waals surface area contributed by atoms with Crippen molar-refractivity contribution < 1.29 is 14.7 Å². The standard InChI is InChI=1S/C15H15N3O3/c19-14(20)11-5-7-18(9-11)15(21)17-13-3-1-2-10-4-6-16-8-12(10)13/h1-4,6,8,11H,5,7,9H2,(H,17,21)(H,19,20). The van der Waals surface area contributed by atoms with Crippen LogP contribution in [0.1, 0.15) is 6.42 Å². The lowest BCUT2D eigenvalue weighted by atomic mass is 10.1. The maximum absolute atomic E-state index is 12.2. The molecule has 0 bridgehead atoms. The summed E-state index contributed by atoms with van der Waals surface area (Å²) in [4.78, 5) is 28.8. The fraction of sp³-hybridized carbons (Fsp3) is 0.267. The van der Waals surface area contributed by atoms with Crippen molar-refractivity contribution in [3.8, 4) is 0 Å². The summed E-state index contributed by atoms with van der Waals surface area (Å²) in [5, 5.41) is 13.7. The minimum atomic E-state index is -0.848. The molecule has 1 aliphatic heterocycles. The van der Waals surface area contributed by atoms with E-state index in [0.717, 1.165) is 10.8 Å². The lowest BCUT2D eigenvalue weighted by Crippen LogP contribution is -2.33. The molecule has 1 fully saturated rings. The van der Waals surface area contributed by atoms with Crippen LogP contribution in [0.2, 0.25) is 0 Å². The molecule has 1 aliphatic rings. The highest BCUT2D eigenvalue weighted by atomic mass is 16.4. The number of urea groups is 1. The fourth-order valence-corrected chi connectivity index (χ4v) is 2.56. The van der Waals surface area contributed by atoms with Crippen LogP contribution in [0.25, 0.3) is 10.8 Å². The number of nitrogens with one attached hydrogen (secondary N) is 1. The Morgan fingerprint density at radius 1 is 1.33 bits per heavy atom.